The van der Waals surface area contributed by atoms with Gasteiger partial charge in [0.2, 0.25) is 5.95 Å². The molecule has 1 aromatic heterocycles. The highest BCUT2D eigenvalue weighted by Crippen LogP contribution is 2.35. The van der Waals surface area contributed by atoms with Crippen LogP contribution in [0.15, 0.2) is 66.1 Å². The lowest BCUT2D eigenvalue weighted by atomic mass is 9.95. The summed E-state index contributed by atoms with van der Waals surface area (Å²) in [5.74, 6) is 0.838. The lowest BCUT2D eigenvalue weighted by molar-refractivity contribution is -0.384. The Morgan fingerprint density at radius 2 is 1.90 bits per heavy atom. The zero-order valence-electron chi connectivity index (χ0n) is 16.2. The van der Waals surface area contributed by atoms with Crippen molar-refractivity contribution in [2.75, 3.05) is 17.7 Å². The number of hydrogen-bond acceptors (Lipinski definition) is 7. The number of ether oxygens (including phenoxy) is 1. The molecule has 0 radical (unpaired) electrons. The summed E-state index contributed by atoms with van der Waals surface area (Å²) in [6, 6.07) is 12.4. The number of nitrogens with one attached hydrogen (secondary N) is 2. The van der Waals surface area contributed by atoms with E-state index in [1.807, 2.05) is 0 Å². The summed E-state index contributed by atoms with van der Waals surface area (Å²) in [6.45, 7) is 1.78. The van der Waals surface area contributed by atoms with Gasteiger partial charge in [0.25, 0.3) is 11.6 Å². The number of methoxy groups -OCH3 is 1. The fraction of sp³-hybridized carbons (Fsp3) is 0.150. The third kappa shape index (κ3) is 3.46. The predicted molar refractivity (Wildman–Crippen MR) is 109 cm³/mol. The van der Waals surface area contributed by atoms with Gasteiger partial charge in [-0.2, -0.15) is 10.1 Å². The molecule has 1 atom stereocenters. The molecule has 0 fully saturated rings. The van der Waals surface area contributed by atoms with Crippen molar-refractivity contribution in [1.82, 2.24) is 14.8 Å². The number of rotatable bonds is 5. The monoisotopic (exact) mass is 406 g/mol. The van der Waals surface area contributed by atoms with Gasteiger partial charge < -0.3 is 15.4 Å². The van der Waals surface area contributed by atoms with Gasteiger partial charge in [0.05, 0.1) is 17.6 Å². The summed E-state index contributed by atoms with van der Waals surface area (Å²) in [6.07, 6.45) is 1.39. The molecule has 3 aromatic rings. The van der Waals surface area contributed by atoms with Crippen LogP contribution >= 0.6 is 0 Å². The Morgan fingerprint density at radius 1 is 1.20 bits per heavy atom. The van der Waals surface area contributed by atoms with E-state index in [4.69, 9.17) is 4.74 Å². The molecule has 0 spiro atoms. The number of carbonyl (C=O) groups is 1. The van der Waals surface area contributed by atoms with Crippen LogP contribution in [0, 0.1) is 10.1 Å². The molecule has 0 unspecified atom stereocenters. The molecular weight excluding hydrogens is 388 g/mol. The van der Waals surface area contributed by atoms with Crippen LogP contribution in [0.1, 0.15) is 18.5 Å². The molecule has 30 heavy (non-hydrogen) atoms. The Hall–Kier alpha value is -4.21. The minimum Gasteiger partial charge on any atom is -0.497 e. The third-order valence-electron chi connectivity index (χ3n) is 4.81. The van der Waals surface area contributed by atoms with Crippen LogP contribution in [-0.4, -0.2) is 32.7 Å². The molecule has 2 heterocycles. The van der Waals surface area contributed by atoms with Crippen LogP contribution in [0.5, 0.6) is 5.75 Å². The van der Waals surface area contributed by atoms with Gasteiger partial charge in [-0.05, 0) is 48.9 Å². The Kier molecular flexibility index (Phi) is 4.88. The topological polar surface area (TPSA) is 124 Å². The van der Waals surface area contributed by atoms with Crippen LogP contribution in [-0.2, 0) is 4.79 Å². The van der Waals surface area contributed by atoms with Gasteiger partial charge >= 0.3 is 0 Å². The summed E-state index contributed by atoms with van der Waals surface area (Å²) < 4.78 is 6.72. The van der Waals surface area contributed by atoms with Crippen LogP contribution in [0.4, 0.5) is 17.3 Å². The summed E-state index contributed by atoms with van der Waals surface area (Å²) in [5.41, 5.74) is 2.29. The van der Waals surface area contributed by atoms with Gasteiger partial charge in [0.15, 0.2) is 0 Å². The second-order valence-electron chi connectivity index (χ2n) is 6.63. The Bertz CT molecular complexity index is 1130. The van der Waals surface area contributed by atoms with Crippen molar-refractivity contribution in [3.8, 4) is 5.75 Å². The van der Waals surface area contributed by atoms with Crippen molar-refractivity contribution in [1.29, 1.82) is 0 Å². The average Bonchev–Trinajstić information content (AvgIpc) is 3.21. The van der Waals surface area contributed by atoms with Crippen molar-refractivity contribution in [2.45, 2.75) is 13.0 Å². The van der Waals surface area contributed by atoms with E-state index in [2.05, 4.69) is 20.7 Å². The number of allylic oxidation sites excluding steroid dienone is 1. The Labute approximate surface area is 171 Å². The fourth-order valence-electron chi connectivity index (χ4n) is 3.34. The fourth-order valence-corrected chi connectivity index (χ4v) is 3.34. The molecule has 0 bridgehead atoms. The number of nitro benzene ring substituents is 1. The maximum absolute atomic E-state index is 13.2. The SMILES string of the molecule is COc1ccc(NC(=O)C2=C(C)Nc3ncnn3[C@H]2c2ccc([N+](=O)[O-])cc2)cc1. The van der Waals surface area contributed by atoms with Crippen molar-refractivity contribution in [2.24, 2.45) is 0 Å². The minimum atomic E-state index is -0.595. The third-order valence-corrected chi connectivity index (χ3v) is 4.81. The summed E-state index contributed by atoms with van der Waals surface area (Å²) in [7, 11) is 1.57. The van der Waals surface area contributed by atoms with E-state index in [1.54, 1.807) is 55.1 Å². The number of benzene rings is 2. The first-order chi connectivity index (χ1) is 14.5. The van der Waals surface area contributed by atoms with Crippen LogP contribution in [0.3, 0.4) is 0 Å². The summed E-state index contributed by atoms with van der Waals surface area (Å²) >= 11 is 0. The van der Waals surface area contributed by atoms with Gasteiger partial charge in [-0.1, -0.05) is 0 Å². The van der Waals surface area contributed by atoms with E-state index in [0.29, 0.717) is 34.2 Å². The molecule has 152 valence electrons. The van der Waals surface area contributed by atoms with Gasteiger partial charge in [-0.15, -0.1) is 0 Å². The van der Waals surface area contributed by atoms with Gasteiger partial charge in [-0.25, -0.2) is 4.68 Å². The Balaban J connectivity index is 1.71. The second kappa shape index (κ2) is 7.66. The standard InChI is InChI=1S/C20H18N6O4/c1-12-17(19(27)24-14-5-9-16(30-2)10-6-14)18(25-20(23-12)21-11-22-25)13-3-7-15(8-4-13)26(28)29/h3-11,18H,1-2H3,(H,24,27)(H,21,22,23)/t18-/m0/s1. The van der Waals surface area contributed by atoms with Crippen LogP contribution in [0.25, 0.3) is 0 Å². The zero-order valence-corrected chi connectivity index (χ0v) is 16.2. The number of aromatic nitrogens is 3. The van der Waals surface area contributed by atoms with E-state index >= 15 is 0 Å². The van der Waals surface area contributed by atoms with Crippen molar-refractivity contribution >= 4 is 23.2 Å². The first-order valence-corrected chi connectivity index (χ1v) is 9.05. The molecular formula is C20H18N6O4. The molecule has 0 saturated carbocycles. The van der Waals surface area contributed by atoms with E-state index in [0.717, 1.165) is 0 Å². The number of anilines is 2. The smallest absolute Gasteiger partial charge is 0.269 e. The molecule has 0 aliphatic carbocycles. The van der Waals surface area contributed by atoms with Crippen molar-refractivity contribution < 1.29 is 14.5 Å². The molecule has 1 amide bonds. The van der Waals surface area contributed by atoms with Gasteiger partial charge in [0, 0.05) is 23.5 Å². The highest BCUT2D eigenvalue weighted by Gasteiger charge is 2.33. The van der Waals surface area contributed by atoms with E-state index in [1.165, 1.54) is 18.5 Å². The van der Waals surface area contributed by atoms with E-state index in [9.17, 15) is 14.9 Å². The molecule has 2 N–H and O–H groups in total. The highest BCUT2D eigenvalue weighted by atomic mass is 16.6. The van der Waals surface area contributed by atoms with Crippen LogP contribution < -0.4 is 15.4 Å². The number of hydrogen-bond donors (Lipinski definition) is 2. The normalized spacial score (nSPS) is 15.2. The predicted octanol–water partition coefficient (Wildman–Crippen LogP) is 3.12. The quantitative estimate of drug-likeness (QED) is 0.493. The lowest BCUT2D eigenvalue weighted by Crippen LogP contribution is -2.31. The van der Waals surface area contributed by atoms with E-state index in [-0.39, 0.29) is 11.6 Å². The molecule has 1 aliphatic rings. The maximum Gasteiger partial charge on any atom is 0.269 e. The number of carbonyl (C=O) groups excluding carboxylic acids is 1. The molecule has 10 heteroatoms. The highest BCUT2D eigenvalue weighted by molar-refractivity contribution is 6.06. The molecule has 10 nitrogen and oxygen atoms in total. The average molecular weight is 406 g/mol. The number of nitrogens with zero attached hydrogens (tertiary/aromatic N) is 4. The van der Waals surface area contributed by atoms with Gasteiger partial charge in [0.1, 0.15) is 18.1 Å². The van der Waals surface area contributed by atoms with Gasteiger partial charge in [-0.3, -0.25) is 14.9 Å². The number of fused-ring (bicyclic) bond motifs is 1. The van der Waals surface area contributed by atoms with Crippen LogP contribution in [0.2, 0.25) is 0 Å². The molecule has 0 saturated heterocycles. The first-order valence-electron chi connectivity index (χ1n) is 9.05. The Morgan fingerprint density at radius 3 is 2.53 bits per heavy atom. The summed E-state index contributed by atoms with van der Waals surface area (Å²) in [5, 5.41) is 21.2. The largest absolute Gasteiger partial charge is 0.497 e. The minimum absolute atomic E-state index is 0.0311. The van der Waals surface area contributed by atoms with Crippen molar-refractivity contribution in [3.05, 3.63) is 81.8 Å². The summed E-state index contributed by atoms with van der Waals surface area (Å²) in [4.78, 5) is 27.9. The first kappa shape index (κ1) is 19.1. The maximum atomic E-state index is 13.2. The zero-order chi connectivity index (χ0) is 21.3. The molecule has 2 aromatic carbocycles. The molecule has 1 aliphatic heterocycles. The number of amides is 1. The number of non-ortho nitro benzene ring substituents is 1. The molecule has 4 rings (SSSR count). The van der Waals surface area contributed by atoms with Crippen molar-refractivity contribution in [3.63, 3.8) is 0 Å². The second-order valence-corrected chi connectivity index (χ2v) is 6.63. The lowest BCUT2D eigenvalue weighted by Gasteiger charge is -2.28. The van der Waals surface area contributed by atoms with E-state index < -0.39 is 11.0 Å². The number of nitro groups is 1.